The molecule has 0 aromatic heterocycles. The number of carbonyl (C=O) groups excluding carboxylic acids is 1. The first-order valence-corrected chi connectivity index (χ1v) is 9.50. The predicted molar refractivity (Wildman–Crippen MR) is 107 cm³/mol. The number of aliphatic carboxylic acids is 1. The highest BCUT2D eigenvalue weighted by Crippen LogP contribution is 2.15. The van der Waals surface area contributed by atoms with Crippen LogP contribution in [-0.2, 0) is 16.0 Å². The van der Waals surface area contributed by atoms with E-state index in [1.54, 1.807) is 11.9 Å². The molecule has 0 spiro atoms. The van der Waals surface area contributed by atoms with E-state index in [0.717, 1.165) is 12.0 Å². The minimum Gasteiger partial charge on any atom is -0.480 e. The standard InChI is InChI=1S/C21H34N2O4/c1-7-15(2)17(22-20(26)27-21(3,4)5)14-23(6)18(19(24)25)13-16-11-9-8-10-12-16/h8-12,15,17-18H,7,13-14H2,1-6H3,(H,22,26)(H,24,25)/t15-,17+,18-/m0/s1. The molecule has 0 aliphatic heterocycles. The van der Waals surface area contributed by atoms with Gasteiger partial charge in [0.1, 0.15) is 11.6 Å². The summed E-state index contributed by atoms with van der Waals surface area (Å²) < 4.78 is 5.36. The van der Waals surface area contributed by atoms with Crippen molar-refractivity contribution in [3.8, 4) is 0 Å². The van der Waals surface area contributed by atoms with Crippen LogP contribution in [-0.4, -0.2) is 53.3 Å². The van der Waals surface area contributed by atoms with Crippen LogP contribution in [0.25, 0.3) is 0 Å². The molecule has 0 fully saturated rings. The van der Waals surface area contributed by atoms with Crippen molar-refractivity contribution in [2.24, 2.45) is 5.92 Å². The third-order valence-corrected chi connectivity index (χ3v) is 4.61. The summed E-state index contributed by atoms with van der Waals surface area (Å²) in [5, 5.41) is 12.6. The lowest BCUT2D eigenvalue weighted by Gasteiger charge is -2.32. The largest absolute Gasteiger partial charge is 0.480 e. The van der Waals surface area contributed by atoms with Gasteiger partial charge in [-0.05, 0) is 45.7 Å². The molecule has 1 amide bonds. The van der Waals surface area contributed by atoms with Crippen LogP contribution in [0.3, 0.4) is 0 Å². The van der Waals surface area contributed by atoms with Gasteiger partial charge in [-0.1, -0.05) is 50.6 Å². The topological polar surface area (TPSA) is 78.9 Å². The number of nitrogens with zero attached hydrogens (tertiary/aromatic N) is 1. The molecule has 0 radical (unpaired) electrons. The zero-order valence-corrected chi connectivity index (χ0v) is 17.4. The number of carboxylic acids is 1. The van der Waals surface area contributed by atoms with Crippen LogP contribution < -0.4 is 5.32 Å². The Morgan fingerprint density at radius 1 is 1.22 bits per heavy atom. The van der Waals surface area contributed by atoms with Crippen LogP contribution >= 0.6 is 0 Å². The Hall–Kier alpha value is -2.08. The van der Waals surface area contributed by atoms with Gasteiger partial charge < -0.3 is 15.2 Å². The second kappa shape index (κ2) is 10.3. The molecule has 0 heterocycles. The van der Waals surface area contributed by atoms with E-state index in [1.165, 1.54) is 0 Å². The highest BCUT2D eigenvalue weighted by atomic mass is 16.6. The van der Waals surface area contributed by atoms with E-state index in [0.29, 0.717) is 13.0 Å². The number of benzene rings is 1. The van der Waals surface area contributed by atoms with Crippen molar-refractivity contribution in [3.05, 3.63) is 35.9 Å². The lowest BCUT2D eigenvalue weighted by atomic mass is 9.97. The molecule has 0 aliphatic rings. The number of hydrogen-bond acceptors (Lipinski definition) is 4. The molecule has 27 heavy (non-hydrogen) atoms. The first-order valence-electron chi connectivity index (χ1n) is 9.50. The normalized spacial score (nSPS) is 15.1. The molecule has 2 N–H and O–H groups in total. The zero-order chi connectivity index (χ0) is 20.6. The van der Waals surface area contributed by atoms with Gasteiger partial charge in [0.05, 0.1) is 0 Å². The summed E-state index contributed by atoms with van der Waals surface area (Å²) in [6.45, 7) is 9.97. The van der Waals surface area contributed by atoms with Crippen molar-refractivity contribution in [1.82, 2.24) is 10.2 Å². The van der Waals surface area contributed by atoms with Gasteiger partial charge in [0.15, 0.2) is 0 Å². The van der Waals surface area contributed by atoms with Crippen molar-refractivity contribution in [3.63, 3.8) is 0 Å². The fourth-order valence-corrected chi connectivity index (χ4v) is 2.82. The van der Waals surface area contributed by atoms with Crippen LogP contribution in [0.1, 0.15) is 46.6 Å². The van der Waals surface area contributed by atoms with E-state index in [1.807, 2.05) is 65.0 Å². The Kier molecular flexibility index (Phi) is 8.76. The third kappa shape index (κ3) is 8.43. The zero-order valence-electron chi connectivity index (χ0n) is 17.4. The Bertz CT molecular complexity index is 598. The molecule has 1 aromatic rings. The smallest absolute Gasteiger partial charge is 0.407 e. The predicted octanol–water partition coefficient (Wildman–Crippen LogP) is 3.55. The van der Waals surface area contributed by atoms with Crippen LogP contribution in [0.5, 0.6) is 0 Å². The summed E-state index contributed by atoms with van der Waals surface area (Å²) in [6, 6.07) is 8.70. The van der Waals surface area contributed by atoms with E-state index in [9.17, 15) is 14.7 Å². The van der Waals surface area contributed by atoms with Crippen LogP contribution in [0.2, 0.25) is 0 Å². The van der Waals surface area contributed by atoms with Gasteiger partial charge in [-0.2, -0.15) is 0 Å². The van der Waals surface area contributed by atoms with E-state index >= 15 is 0 Å². The average molecular weight is 379 g/mol. The minimum atomic E-state index is -0.874. The maximum absolute atomic E-state index is 12.2. The molecular formula is C21H34N2O4. The molecular weight excluding hydrogens is 344 g/mol. The molecule has 0 saturated carbocycles. The Morgan fingerprint density at radius 2 is 1.81 bits per heavy atom. The van der Waals surface area contributed by atoms with Crippen molar-refractivity contribution in [2.45, 2.75) is 65.1 Å². The van der Waals surface area contributed by atoms with Gasteiger partial charge in [-0.25, -0.2) is 4.79 Å². The number of alkyl carbamates (subject to hydrolysis) is 1. The monoisotopic (exact) mass is 378 g/mol. The highest BCUT2D eigenvalue weighted by Gasteiger charge is 2.29. The fourth-order valence-electron chi connectivity index (χ4n) is 2.82. The number of likely N-dealkylation sites (N-methyl/N-ethyl adjacent to an activating group) is 1. The number of ether oxygens (including phenoxy) is 1. The molecule has 0 aliphatic carbocycles. The van der Waals surface area contributed by atoms with Gasteiger partial charge in [0.2, 0.25) is 0 Å². The summed E-state index contributed by atoms with van der Waals surface area (Å²) >= 11 is 0. The number of carbonyl (C=O) groups is 2. The van der Waals surface area contributed by atoms with Crippen LogP contribution in [0, 0.1) is 5.92 Å². The Balaban J connectivity index is 2.84. The summed E-state index contributed by atoms with van der Waals surface area (Å²) in [5.74, 6) is -0.687. The molecule has 0 saturated heterocycles. The van der Waals surface area contributed by atoms with Gasteiger partial charge in [0.25, 0.3) is 0 Å². The van der Waals surface area contributed by atoms with E-state index in [-0.39, 0.29) is 12.0 Å². The fraction of sp³-hybridized carbons (Fsp3) is 0.619. The number of amides is 1. The van der Waals surface area contributed by atoms with Gasteiger partial charge >= 0.3 is 12.1 Å². The Morgan fingerprint density at radius 3 is 2.30 bits per heavy atom. The number of hydrogen-bond donors (Lipinski definition) is 2. The lowest BCUT2D eigenvalue weighted by molar-refractivity contribution is -0.142. The van der Waals surface area contributed by atoms with Crippen molar-refractivity contribution in [2.75, 3.05) is 13.6 Å². The molecule has 152 valence electrons. The number of rotatable bonds is 9. The van der Waals surface area contributed by atoms with E-state index in [2.05, 4.69) is 5.32 Å². The van der Waals surface area contributed by atoms with Gasteiger partial charge in [-0.15, -0.1) is 0 Å². The first kappa shape index (κ1) is 23.0. The third-order valence-electron chi connectivity index (χ3n) is 4.61. The summed E-state index contributed by atoms with van der Waals surface area (Å²) in [7, 11) is 1.79. The molecule has 6 heteroatoms. The summed E-state index contributed by atoms with van der Waals surface area (Å²) in [4.78, 5) is 25.8. The molecule has 0 unspecified atom stereocenters. The summed E-state index contributed by atoms with van der Waals surface area (Å²) in [6.07, 6.45) is 0.799. The van der Waals surface area contributed by atoms with Crippen molar-refractivity contribution in [1.29, 1.82) is 0 Å². The highest BCUT2D eigenvalue weighted by molar-refractivity contribution is 5.74. The summed E-state index contributed by atoms with van der Waals surface area (Å²) in [5.41, 5.74) is 0.393. The van der Waals surface area contributed by atoms with Crippen molar-refractivity contribution < 1.29 is 19.4 Å². The van der Waals surface area contributed by atoms with Crippen LogP contribution in [0.4, 0.5) is 4.79 Å². The average Bonchev–Trinajstić information content (AvgIpc) is 2.57. The molecule has 1 aromatic carbocycles. The number of carboxylic acid groups (broad SMARTS) is 1. The van der Waals surface area contributed by atoms with E-state index in [4.69, 9.17) is 4.74 Å². The first-order chi connectivity index (χ1) is 12.5. The maximum atomic E-state index is 12.2. The van der Waals surface area contributed by atoms with Gasteiger partial charge in [0, 0.05) is 12.6 Å². The van der Waals surface area contributed by atoms with E-state index < -0.39 is 23.7 Å². The number of nitrogens with one attached hydrogen (secondary N) is 1. The second-order valence-electron chi connectivity index (χ2n) is 8.12. The second-order valence-corrected chi connectivity index (χ2v) is 8.12. The molecule has 1 rings (SSSR count). The van der Waals surface area contributed by atoms with Crippen LogP contribution in [0.15, 0.2) is 30.3 Å². The SMILES string of the molecule is CC[C@H](C)[C@@H](CN(C)[C@@H](Cc1ccccc1)C(=O)O)NC(=O)OC(C)(C)C. The van der Waals surface area contributed by atoms with Crippen molar-refractivity contribution >= 4 is 12.1 Å². The molecule has 0 bridgehead atoms. The van der Waals surface area contributed by atoms with Gasteiger partial charge in [-0.3, -0.25) is 9.69 Å². The minimum absolute atomic E-state index is 0.186. The molecule has 6 nitrogen and oxygen atoms in total. The Labute approximate surface area is 162 Å². The maximum Gasteiger partial charge on any atom is 0.407 e. The lowest BCUT2D eigenvalue weighted by Crippen LogP contribution is -2.51. The quantitative estimate of drug-likeness (QED) is 0.687. The molecule has 3 atom stereocenters.